The van der Waals surface area contributed by atoms with Gasteiger partial charge in [0, 0.05) is 12.0 Å². The van der Waals surface area contributed by atoms with E-state index in [0.717, 1.165) is 22.0 Å². The SMILES string of the molecule is Cc1cc(C)c(-c2nc3c(s2)C(=O)CC(C)(C)C3)c(C)c1. The van der Waals surface area contributed by atoms with Crippen LogP contribution in [0, 0.1) is 26.2 Å². The first kappa shape index (κ1) is 14.5. The summed E-state index contributed by atoms with van der Waals surface area (Å²) in [6, 6.07) is 4.38. The lowest BCUT2D eigenvalue weighted by Gasteiger charge is -2.26. The molecule has 0 amide bonds. The summed E-state index contributed by atoms with van der Waals surface area (Å²) in [5.74, 6) is 0.257. The van der Waals surface area contributed by atoms with Gasteiger partial charge in [0.05, 0.1) is 10.6 Å². The van der Waals surface area contributed by atoms with E-state index in [1.54, 1.807) is 11.3 Å². The number of carbonyl (C=O) groups is 1. The topological polar surface area (TPSA) is 30.0 Å². The Morgan fingerprint density at radius 1 is 1.10 bits per heavy atom. The molecule has 2 nitrogen and oxygen atoms in total. The average Bonchev–Trinajstić information content (AvgIpc) is 2.69. The number of aromatic nitrogens is 1. The van der Waals surface area contributed by atoms with Gasteiger partial charge in [-0.25, -0.2) is 4.98 Å². The van der Waals surface area contributed by atoms with E-state index in [1.165, 1.54) is 22.3 Å². The molecule has 1 aliphatic rings. The van der Waals surface area contributed by atoms with Gasteiger partial charge in [0.1, 0.15) is 5.01 Å². The van der Waals surface area contributed by atoms with Crippen LogP contribution in [0.4, 0.5) is 0 Å². The molecule has 0 atom stereocenters. The molecule has 0 bridgehead atoms. The zero-order valence-electron chi connectivity index (χ0n) is 13.3. The van der Waals surface area contributed by atoms with Gasteiger partial charge in [0.2, 0.25) is 0 Å². The van der Waals surface area contributed by atoms with Gasteiger partial charge in [-0.1, -0.05) is 31.5 Å². The van der Waals surface area contributed by atoms with Crippen molar-refractivity contribution in [3.8, 4) is 10.6 Å². The Morgan fingerprint density at radius 2 is 1.71 bits per heavy atom. The van der Waals surface area contributed by atoms with E-state index in [-0.39, 0.29) is 11.2 Å². The molecule has 1 aromatic carbocycles. The monoisotopic (exact) mass is 299 g/mol. The van der Waals surface area contributed by atoms with Gasteiger partial charge in [-0.2, -0.15) is 0 Å². The van der Waals surface area contributed by atoms with Crippen molar-refractivity contribution in [3.63, 3.8) is 0 Å². The minimum atomic E-state index is 0.0345. The fraction of sp³-hybridized carbons (Fsp3) is 0.444. The third kappa shape index (κ3) is 2.55. The number of fused-ring (bicyclic) bond motifs is 1. The second-order valence-corrected chi connectivity index (χ2v) is 8.01. The number of hydrogen-bond donors (Lipinski definition) is 0. The van der Waals surface area contributed by atoms with Gasteiger partial charge >= 0.3 is 0 Å². The zero-order valence-corrected chi connectivity index (χ0v) is 14.1. The molecule has 3 rings (SSSR count). The summed E-state index contributed by atoms with van der Waals surface area (Å²) in [7, 11) is 0. The predicted molar refractivity (Wildman–Crippen MR) is 88.2 cm³/mol. The number of carbonyl (C=O) groups excluding carboxylic acids is 1. The molecular weight excluding hydrogens is 278 g/mol. The molecule has 1 aromatic heterocycles. The Labute approximate surface area is 130 Å². The molecule has 110 valence electrons. The van der Waals surface area contributed by atoms with Crippen LogP contribution in [0.15, 0.2) is 12.1 Å². The molecule has 0 spiro atoms. The quantitative estimate of drug-likeness (QED) is 0.750. The zero-order chi connectivity index (χ0) is 15.4. The Kier molecular flexibility index (Phi) is 3.28. The third-order valence-corrected chi connectivity index (χ3v) is 5.28. The fourth-order valence-corrected chi connectivity index (χ4v) is 4.54. The molecule has 0 aliphatic heterocycles. The number of aryl methyl sites for hydroxylation is 3. The highest BCUT2D eigenvalue weighted by atomic mass is 32.1. The summed E-state index contributed by atoms with van der Waals surface area (Å²) in [5.41, 5.74) is 5.98. The summed E-state index contributed by atoms with van der Waals surface area (Å²) in [4.78, 5) is 18.0. The van der Waals surface area contributed by atoms with Gasteiger partial charge in [-0.3, -0.25) is 4.79 Å². The van der Waals surface area contributed by atoms with Crippen molar-refractivity contribution in [1.82, 2.24) is 4.98 Å². The van der Waals surface area contributed by atoms with Crippen LogP contribution in [0.3, 0.4) is 0 Å². The maximum atomic E-state index is 12.3. The van der Waals surface area contributed by atoms with Gasteiger partial charge < -0.3 is 0 Å². The van der Waals surface area contributed by atoms with Crippen LogP contribution in [0.2, 0.25) is 0 Å². The maximum Gasteiger partial charge on any atom is 0.175 e. The summed E-state index contributed by atoms with van der Waals surface area (Å²) in [6.45, 7) is 10.7. The lowest BCUT2D eigenvalue weighted by molar-refractivity contribution is 0.0916. The van der Waals surface area contributed by atoms with Crippen molar-refractivity contribution >= 4 is 17.1 Å². The molecule has 1 aliphatic carbocycles. The normalized spacial score (nSPS) is 16.9. The van der Waals surface area contributed by atoms with Gasteiger partial charge in [-0.05, 0) is 43.7 Å². The third-order valence-electron chi connectivity index (χ3n) is 4.13. The summed E-state index contributed by atoms with van der Waals surface area (Å²) in [6.07, 6.45) is 1.53. The fourth-order valence-electron chi connectivity index (χ4n) is 3.34. The first-order valence-corrected chi connectivity index (χ1v) is 8.19. The van der Waals surface area contributed by atoms with Gasteiger partial charge in [-0.15, -0.1) is 11.3 Å². The van der Waals surface area contributed by atoms with Gasteiger partial charge in [0.25, 0.3) is 0 Å². The van der Waals surface area contributed by atoms with E-state index in [4.69, 9.17) is 4.98 Å². The van der Waals surface area contributed by atoms with E-state index in [1.807, 2.05) is 0 Å². The van der Waals surface area contributed by atoms with Crippen LogP contribution in [0.1, 0.15) is 52.3 Å². The standard InChI is InChI=1S/C18H21NOS/c1-10-6-11(2)15(12(3)7-10)17-19-13-8-18(4,5)9-14(20)16(13)21-17/h6-7H,8-9H2,1-5H3. The van der Waals surface area contributed by atoms with E-state index in [9.17, 15) is 4.79 Å². The van der Waals surface area contributed by atoms with Crippen LogP contribution in [-0.2, 0) is 6.42 Å². The van der Waals surface area contributed by atoms with Crippen molar-refractivity contribution < 1.29 is 4.79 Å². The van der Waals surface area contributed by atoms with Crippen molar-refractivity contribution in [2.45, 2.75) is 47.5 Å². The predicted octanol–water partition coefficient (Wildman–Crippen LogP) is 4.89. The van der Waals surface area contributed by atoms with E-state index >= 15 is 0 Å². The number of benzene rings is 1. The Bertz CT molecular complexity index is 717. The number of Topliss-reactive ketones (excluding diaryl/α,β-unsaturated/α-hetero) is 1. The second-order valence-electron chi connectivity index (χ2n) is 7.01. The molecule has 3 heteroatoms. The van der Waals surface area contributed by atoms with Crippen molar-refractivity contribution in [2.75, 3.05) is 0 Å². The van der Waals surface area contributed by atoms with Crippen LogP contribution >= 0.6 is 11.3 Å². The average molecular weight is 299 g/mol. The molecule has 0 saturated carbocycles. The minimum absolute atomic E-state index is 0.0345. The maximum absolute atomic E-state index is 12.3. The first-order chi connectivity index (χ1) is 9.77. The summed E-state index contributed by atoms with van der Waals surface area (Å²) >= 11 is 1.57. The van der Waals surface area contributed by atoms with E-state index < -0.39 is 0 Å². The molecule has 0 unspecified atom stereocenters. The van der Waals surface area contributed by atoms with E-state index in [2.05, 4.69) is 46.8 Å². The molecule has 1 heterocycles. The Morgan fingerprint density at radius 3 is 2.33 bits per heavy atom. The molecule has 21 heavy (non-hydrogen) atoms. The summed E-state index contributed by atoms with van der Waals surface area (Å²) < 4.78 is 0. The number of ketones is 1. The number of hydrogen-bond acceptors (Lipinski definition) is 3. The van der Waals surface area contributed by atoms with Crippen LogP contribution in [0.5, 0.6) is 0 Å². The van der Waals surface area contributed by atoms with Gasteiger partial charge in [0.15, 0.2) is 5.78 Å². The number of thiazole rings is 1. The van der Waals surface area contributed by atoms with Crippen molar-refractivity contribution in [2.24, 2.45) is 5.41 Å². The number of rotatable bonds is 1. The number of nitrogens with zero attached hydrogens (tertiary/aromatic N) is 1. The summed E-state index contributed by atoms with van der Waals surface area (Å²) in [5, 5.41) is 1.00. The molecular formula is C18H21NOS. The lowest BCUT2D eigenvalue weighted by atomic mass is 9.78. The minimum Gasteiger partial charge on any atom is -0.293 e. The van der Waals surface area contributed by atoms with Crippen molar-refractivity contribution in [1.29, 1.82) is 0 Å². The Hall–Kier alpha value is -1.48. The first-order valence-electron chi connectivity index (χ1n) is 7.38. The molecule has 0 fully saturated rings. The lowest BCUT2D eigenvalue weighted by Crippen LogP contribution is -2.25. The molecule has 0 saturated heterocycles. The highest BCUT2D eigenvalue weighted by molar-refractivity contribution is 7.17. The van der Waals surface area contributed by atoms with Crippen LogP contribution in [0.25, 0.3) is 10.6 Å². The smallest absolute Gasteiger partial charge is 0.175 e. The van der Waals surface area contributed by atoms with Crippen LogP contribution < -0.4 is 0 Å². The Balaban J connectivity index is 2.13. The highest BCUT2D eigenvalue weighted by Crippen LogP contribution is 2.40. The second kappa shape index (κ2) is 4.77. The largest absolute Gasteiger partial charge is 0.293 e. The van der Waals surface area contributed by atoms with E-state index in [0.29, 0.717) is 6.42 Å². The molecule has 0 N–H and O–H groups in total. The molecule has 0 radical (unpaired) electrons. The van der Waals surface area contributed by atoms with Crippen molar-refractivity contribution in [3.05, 3.63) is 39.4 Å². The van der Waals surface area contributed by atoms with Crippen LogP contribution in [-0.4, -0.2) is 10.8 Å². The molecule has 2 aromatic rings. The highest BCUT2D eigenvalue weighted by Gasteiger charge is 2.34.